The molecule has 1 saturated heterocycles. The van der Waals surface area contributed by atoms with Crippen LogP contribution in [0.15, 0.2) is 0 Å². The monoisotopic (exact) mass is 212 g/mol. The number of piperazine rings is 1. The van der Waals surface area contributed by atoms with Crippen molar-refractivity contribution in [2.24, 2.45) is 0 Å². The molecule has 0 spiro atoms. The van der Waals surface area contributed by atoms with Crippen LogP contribution in [0.2, 0.25) is 0 Å². The zero-order valence-electron chi connectivity index (χ0n) is 10.3. The van der Waals surface area contributed by atoms with Gasteiger partial charge in [-0.05, 0) is 20.3 Å². The SMILES string of the molecule is CCCCC(=O)N1CCN(C(C)C)CC1. The summed E-state index contributed by atoms with van der Waals surface area (Å²) in [4.78, 5) is 16.2. The fraction of sp³-hybridized carbons (Fsp3) is 0.917. The van der Waals surface area contributed by atoms with Crippen molar-refractivity contribution in [2.75, 3.05) is 26.2 Å². The zero-order valence-corrected chi connectivity index (χ0v) is 10.3. The Morgan fingerprint density at radius 1 is 1.20 bits per heavy atom. The Morgan fingerprint density at radius 3 is 2.27 bits per heavy atom. The highest BCUT2D eigenvalue weighted by molar-refractivity contribution is 5.76. The average Bonchev–Trinajstić information content (AvgIpc) is 2.26. The van der Waals surface area contributed by atoms with E-state index in [4.69, 9.17) is 0 Å². The number of unbranched alkanes of at least 4 members (excludes halogenated alkanes) is 1. The van der Waals surface area contributed by atoms with Crippen LogP contribution in [0.3, 0.4) is 0 Å². The number of carbonyl (C=O) groups is 1. The van der Waals surface area contributed by atoms with Crippen LogP contribution in [0.1, 0.15) is 40.0 Å². The number of carbonyl (C=O) groups excluding carboxylic acids is 1. The van der Waals surface area contributed by atoms with E-state index in [9.17, 15) is 4.79 Å². The minimum Gasteiger partial charge on any atom is -0.340 e. The normalized spacial score (nSPS) is 18.5. The standard InChI is InChI=1S/C12H24N2O/c1-4-5-6-12(15)14-9-7-13(8-10-14)11(2)3/h11H,4-10H2,1-3H3. The van der Waals surface area contributed by atoms with Crippen molar-refractivity contribution >= 4 is 5.91 Å². The van der Waals surface area contributed by atoms with E-state index >= 15 is 0 Å². The summed E-state index contributed by atoms with van der Waals surface area (Å²) in [7, 11) is 0. The lowest BCUT2D eigenvalue weighted by Crippen LogP contribution is -2.50. The predicted molar refractivity (Wildman–Crippen MR) is 62.8 cm³/mol. The third kappa shape index (κ3) is 3.82. The van der Waals surface area contributed by atoms with Crippen LogP contribution in [0.5, 0.6) is 0 Å². The van der Waals surface area contributed by atoms with Gasteiger partial charge in [0.25, 0.3) is 0 Å². The Labute approximate surface area is 93.4 Å². The Hall–Kier alpha value is -0.570. The predicted octanol–water partition coefficient (Wildman–Crippen LogP) is 1.73. The van der Waals surface area contributed by atoms with E-state index in [1.807, 2.05) is 4.90 Å². The molecule has 15 heavy (non-hydrogen) atoms. The maximum atomic E-state index is 11.7. The summed E-state index contributed by atoms with van der Waals surface area (Å²) in [6.45, 7) is 10.5. The van der Waals surface area contributed by atoms with Gasteiger partial charge in [0.2, 0.25) is 5.91 Å². The summed E-state index contributed by atoms with van der Waals surface area (Å²) < 4.78 is 0. The van der Waals surface area contributed by atoms with Crippen molar-refractivity contribution in [3.05, 3.63) is 0 Å². The molecule has 0 radical (unpaired) electrons. The van der Waals surface area contributed by atoms with Gasteiger partial charge in [-0.3, -0.25) is 9.69 Å². The second-order valence-electron chi connectivity index (χ2n) is 4.61. The molecule has 1 fully saturated rings. The number of amides is 1. The molecule has 0 aromatic carbocycles. The van der Waals surface area contributed by atoms with Crippen molar-refractivity contribution in [3.63, 3.8) is 0 Å². The molecular formula is C12H24N2O. The maximum Gasteiger partial charge on any atom is 0.222 e. The largest absolute Gasteiger partial charge is 0.340 e. The molecule has 0 unspecified atom stereocenters. The van der Waals surface area contributed by atoms with Crippen LogP contribution in [0.25, 0.3) is 0 Å². The summed E-state index contributed by atoms with van der Waals surface area (Å²) in [5.41, 5.74) is 0. The molecule has 0 aromatic rings. The van der Waals surface area contributed by atoms with Gasteiger partial charge in [0.15, 0.2) is 0 Å². The first-order chi connectivity index (χ1) is 7.15. The Balaban J connectivity index is 2.27. The second-order valence-corrected chi connectivity index (χ2v) is 4.61. The van der Waals surface area contributed by atoms with E-state index in [1.165, 1.54) is 0 Å². The van der Waals surface area contributed by atoms with Gasteiger partial charge in [0.05, 0.1) is 0 Å². The molecule has 1 aliphatic heterocycles. The molecule has 0 N–H and O–H groups in total. The Morgan fingerprint density at radius 2 is 1.80 bits per heavy atom. The van der Waals surface area contributed by atoms with Crippen LogP contribution < -0.4 is 0 Å². The molecule has 0 aromatic heterocycles. The topological polar surface area (TPSA) is 23.6 Å². The Kier molecular flexibility index (Phi) is 5.09. The first kappa shape index (κ1) is 12.5. The fourth-order valence-corrected chi connectivity index (χ4v) is 1.97. The highest BCUT2D eigenvalue weighted by Crippen LogP contribution is 2.08. The smallest absolute Gasteiger partial charge is 0.222 e. The minimum absolute atomic E-state index is 0.347. The lowest BCUT2D eigenvalue weighted by Gasteiger charge is -2.37. The molecule has 88 valence electrons. The quantitative estimate of drug-likeness (QED) is 0.708. The second kappa shape index (κ2) is 6.11. The van der Waals surface area contributed by atoms with Crippen LogP contribution in [-0.4, -0.2) is 47.9 Å². The van der Waals surface area contributed by atoms with Crippen LogP contribution in [-0.2, 0) is 4.79 Å². The Bertz CT molecular complexity index is 196. The molecule has 1 heterocycles. The maximum absolute atomic E-state index is 11.7. The van der Waals surface area contributed by atoms with Crippen LogP contribution in [0, 0.1) is 0 Å². The van der Waals surface area contributed by atoms with Crippen molar-refractivity contribution in [1.82, 2.24) is 9.80 Å². The van der Waals surface area contributed by atoms with Crippen molar-refractivity contribution < 1.29 is 4.79 Å². The number of rotatable bonds is 4. The van der Waals surface area contributed by atoms with Crippen LogP contribution >= 0.6 is 0 Å². The summed E-state index contributed by atoms with van der Waals surface area (Å²) in [5.74, 6) is 0.347. The first-order valence-electron chi connectivity index (χ1n) is 6.17. The van der Waals surface area contributed by atoms with Gasteiger partial charge in [-0.15, -0.1) is 0 Å². The molecule has 0 saturated carbocycles. The first-order valence-corrected chi connectivity index (χ1v) is 6.17. The molecule has 3 nitrogen and oxygen atoms in total. The lowest BCUT2D eigenvalue weighted by molar-refractivity contribution is -0.133. The zero-order chi connectivity index (χ0) is 11.3. The van der Waals surface area contributed by atoms with Gasteiger partial charge in [-0.1, -0.05) is 13.3 Å². The van der Waals surface area contributed by atoms with Gasteiger partial charge in [0, 0.05) is 38.6 Å². The number of hydrogen-bond donors (Lipinski definition) is 0. The third-order valence-electron chi connectivity index (χ3n) is 3.14. The third-order valence-corrected chi connectivity index (χ3v) is 3.14. The van der Waals surface area contributed by atoms with E-state index in [0.717, 1.165) is 45.4 Å². The van der Waals surface area contributed by atoms with Crippen LogP contribution in [0.4, 0.5) is 0 Å². The average molecular weight is 212 g/mol. The lowest BCUT2D eigenvalue weighted by atomic mass is 10.2. The highest BCUT2D eigenvalue weighted by Gasteiger charge is 2.21. The molecule has 0 atom stereocenters. The van der Waals surface area contributed by atoms with Gasteiger partial charge in [-0.25, -0.2) is 0 Å². The molecule has 1 rings (SSSR count). The summed E-state index contributed by atoms with van der Waals surface area (Å²) >= 11 is 0. The number of nitrogens with zero attached hydrogens (tertiary/aromatic N) is 2. The van der Waals surface area contributed by atoms with E-state index < -0.39 is 0 Å². The molecule has 1 aliphatic rings. The van der Waals surface area contributed by atoms with E-state index in [2.05, 4.69) is 25.7 Å². The van der Waals surface area contributed by atoms with Gasteiger partial charge < -0.3 is 4.90 Å². The molecule has 1 amide bonds. The summed E-state index contributed by atoms with van der Waals surface area (Å²) in [5, 5.41) is 0. The van der Waals surface area contributed by atoms with E-state index in [1.54, 1.807) is 0 Å². The minimum atomic E-state index is 0.347. The van der Waals surface area contributed by atoms with Gasteiger partial charge in [0.1, 0.15) is 0 Å². The molecule has 0 aliphatic carbocycles. The van der Waals surface area contributed by atoms with Gasteiger partial charge in [-0.2, -0.15) is 0 Å². The highest BCUT2D eigenvalue weighted by atomic mass is 16.2. The van der Waals surface area contributed by atoms with Crippen molar-refractivity contribution in [3.8, 4) is 0 Å². The summed E-state index contributed by atoms with van der Waals surface area (Å²) in [6.07, 6.45) is 2.87. The van der Waals surface area contributed by atoms with Crippen molar-refractivity contribution in [1.29, 1.82) is 0 Å². The van der Waals surface area contributed by atoms with E-state index in [-0.39, 0.29) is 0 Å². The summed E-state index contributed by atoms with van der Waals surface area (Å²) in [6, 6.07) is 0.609. The van der Waals surface area contributed by atoms with Crippen molar-refractivity contribution in [2.45, 2.75) is 46.1 Å². The van der Waals surface area contributed by atoms with Gasteiger partial charge >= 0.3 is 0 Å². The molecular weight excluding hydrogens is 188 g/mol. The number of hydrogen-bond acceptors (Lipinski definition) is 2. The molecule has 0 bridgehead atoms. The fourth-order valence-electron chi connectivity index (χ4n) is 1.97. The van der Waals surface area contributed by atoms with E-state index in [0.29, 0.717) is 11.9 Å². The molecule has 3 heteroatoms.